The number of halogens is 2. The summed E-state index contributed by atoms with van der Waals surface area (Å²) >= 11 is 0. The Bertz CT molecular complexity index is 1390. The molecule has 1 spiro atoms. The highest BCUT2D eigenvalue weighted by Crippen LogP contribution is 2.43. The maximum absolute atomic E-state index is 14.4. The molecule has 1 atom stereocenters. The minimum absolute atomic E-state index is 0.00319. The van der Waals surface area contributed by atoms with Crippen LogP contribution in [0.25, 0.3) is 27.8 Å². The summed E-state index contributed by atoms with van der Waals surface area (Å²) in [4.78, 5) is 10.5. The Morgan fingerprint density at radius 1 is 1.15 bits per heavy atom. The number of fused-ring (bicyclic) bond motifs is 2. The predicted molar refractivity (Wildman–Crippen MR) is 121 cm³/mol. The summed E-state index contributed by atoms with van der Waals surface area (Å²) in [7, 11) is 1.82. The fourth-order valence-corrected chi connectivity index (χ4v) is 5.30. The van der Waals surface area contributed by atoms with E-state index in [4.69, 9.17) is 4.74 Å². The summed E-state index contributed by atoms with van der Waals surface area (Å²) in [6, 6.07) is 5.55. The molecule has 0 aliphatic carbocycles. The Morgan fingerprint density at radius 2 is 1.94 bits per heavy atom. The number of anilines is 1. The molecule has 0 unspecified atom stereocenters. The van der Waals surface area contributed by atoms with E-state index in [1.807, 2.05) is 25.2 Å². The number of rotatable bonds is 3. The second kappa shape index (κ2) is 7.41. The SMILES string of the molecule is C[C@H]1CC2(CCN(c3nc4cnn(-c5ccc6cnn(C)c6c5)c4nc3C(O)(F)F)CC2)CO1. The lowest BCUT2D eigenvalue weighted by Crippen LogP contribution is -2.42. The monoisotopic (exact) mass is 469 g/mol. The van der Waals surface area contributed by atoms with Crippen molar-refractivity contribution in [3.05, 3.63) is 36.3 Å². The third-order valence-electron chi connectivity index (χ3n) is 7.16. The van der Waals surface area contributed by atoms with E-state index < -0.39 is 11.8 Å². The Morgan fingerprint density at radius 3 is 2.65 bits per heavy atom. The Kier molecular flexibility index (Phi) is 4.65. The third kappa shape index (κ3) is 3.41. The fourth-order valence-electron chi connectivity index (χ4n) is 5.30. The van der Waals surface area contributed by atoms with Crippen LogP contribution in [-0.4, -0.2) is 60.4 Å². The number of ether oxygens (including phenoxy) is 1. The number of benzene rings is 1. The molecule has 1 aromatic carbocycles. The van der Waals surface area contributed by atoms with E-state index in [9.17, 15) is 13.9 Å². The van der Waals surface area contributed by atoms with Crippen molar-refractivity contribution in [3.63, 3.8) is 0 Å². The van der Waals surface area contributed by atoms with Crippen LogP contribution in [0.4, 0.5) is 14.6 Å². The number of piperidine rings is 1. The molecule has 6 rings (SSSR count). The van der Waals surface area contributed by atoms with Gasteiger partial charge in [0.15, 0.2) is 17.2 Å². The van der Waals surface area contributed by atoms with Gasteiger partial charge in [-0.2, -0.15) is 19.0 Å². The van der Waals surface area contributed by atoms with Crippen molar-refractivity contribution >= 4 is 27.9 Å². The van der Waals surface area contributed by atoms with E-state index in [0.717, 1.165) is 30.2 Å². The summed E-state index contributed by atoms with van der Waals surface area (Å²) in [6.07, 6.45) is 1.94. The summed E-state index contributed by atoms with van der Waals surface area (Å²) in [5, 5.41) is 19.3. The van der Waals surface area contributed by atoms with Crippen LogP contribution in [0.2, 0.25) is 0 Å². The molecule has 0 bridgehead atoms. The van der Waals surface area contributed by atoms with E-state index >= 15 is 0 Å². The van der Waals surface area contributed by atoms with Gasteiger partial charge < -0.3 is 14.7 Å². The first-order valence-corrected chi connectivity index (χ1v) is 11.4. The standard InChI is InChI=1S/C23H25F2N7O2/c1-14-10-22(13-34-14)5-7-31(8-6-22)21-19(23(24,25)33)29-20-17(28-21)12-27-32(20)16-4-3-15-11-26-30(2)18(15)9-16/h3-4,9,11-12,14,33H,5-8,10,13H2,1-2H3/t14-/m0/s1. The van der Waals surface area contributed by atoms with Gasteiger partial charge in [-0.05, 0) is 49.8 Å². The predicted octanol–water partition coefficient (Wildman–Crippen LogP) is 3.14. The van der Waals surface area contributed by atoms with Gasteiger partial charge in [0.2, 0.25) is 0 Å². The quantitative estimate of drug-likeness (QED) is 0.493. The number of aliphatic hydroxyl groups is 1. The van der Waals surface area contributed by atoms with Crippen LogP contribution in [0.5, 0.6) is 0 Å². The van der Waals surface area contributed by atoms with Crippen molar-refractivity contribution in [2.24, 2.45) is 12.5 Å². The lowest BCUT2D eigenvalue weighted by molar-refractivity contribution is -0.211. The minimum Gasteiger partial charge on any atom is -0.378 e. The number of aromatic nitrogens is 6. The van der Waals surface area contributed by atoms with Crippen LogP contribution >= 0.6 is 0 Å². The molecule has 178 valence electrons. The Labute approximate surface area is 194 Å². The molecule has 5 heterocycles. The van der Waals surface area contributed by atoms with Gasteiger partial charge in [-0.3, -0.25) is 4.68 Å². The third-order valence-corrected chi connectivity index (χ3v) is 7.16. The Hall–Kier alpha value is -3.18. The maximum atomic E-state index is 14.4. The first kappa shape index (κ1) is 21.4. The van der Waals surface area contributed by atoms with Crippen molar-refractivity contribution in [1.29, 1.82) is 0 Å². The van der Waals surface area contributed by atoms with Gasteiger partial charge in [0.25, 0.3) is 0 Å². The number of hydrogen-bond donors (Lipinski definition) is 1. The molecule has 34 heavy (non-hydrogen) atoms. The van der Waals surface area contributed by atoms with Gasteiger partial charge in [0.05, 0.1) is 36.3 Å². The summed E-state index contributed by atoms with van der Waals surface area (Å²) in [5.41, 5.74) is 1.37. The molecule has 3 aromatic heterocycles. The summed E-state index contributed by atoms with van der Waals surface area (Å²) in [5.74, 6) is 0.00319. The van der Waals surface area contributed by atoms with Crippen LogP contribution in [0.1, 0.15) is 31.9 Å². The Balaban J connectivity index is 1.40. The van der Waals surface area contributed by atoms with Crippen LogP contribution in [0.15, 0.2) is 30.6 Å². The number of aryl methyl sites for hydroxylation is 1. The zero-order chi connectivity index (χ0) is 23.7. The molecular formula is C23H25F2N7O2. The van der Waals surface area contributed by atoms with Gasteiger partial charge in [-0.25, -0.2) is 14.6 Å². The van der Waals surface area contributed by atoms with E-state index in [2.05, 4.69) is 27.1 Å². The topological polar surface area (TPSA) is 94.1 Å². The average Bonchev–Trinajstić information content (AvgIpc) is 3.50. The first-order chi connectivity index (χ1) is 16.2. The zero-order valence-electron chi connectivity index (χ0n) is 18.9. The minimum atomic E-state index is -4.14. The van der Waals surface area contributed by atoms with Gasteiger partial charge in [-0.15, -0.1) is 0 Å². The van der Waals surface area contributed by atoms with E-state index in [-0.39, 0.29) is 23.0 Å². The zero-order valence-corrected chi connectivity index (χ0v) is 18.9. The van der Waals surface area contributed by atoms with Crippen LogP contribution < -0.4 is 4.90 Å². The highest BCUT2D eigenvalue weighted by atomic mass is 19.3. The fraction of sp³-hybridized carbons (Fsp3) is 0.478. The van der Waals surface area contributed by atoms with Crippen molar-refractivity contribution < 1.29 is 18.6 Å². The van der Waals surface area contributed by atoms with Crippen molar-refractivity contribution in [1.82, 2.24) is 29.5 Å². The van der Waals surface area contributed by atoms with E-state index in [0.29, 0.717) is 30.9 Å². The van der Waals surface area contributed by atoms with Crippen molar-refractivity contribution in [3.8, 4) is 5.69 Å². The summed E-state index contributed by atoms with van der Waals surface area (Å²) < 4.78 is 37.7. The molecule has 0 saturated carbocycles. The number of nitrogens with zero attached hydrogens (tertiary/aromatic N) is 7. The van der Waals surface area contributed by atoms with E-state index in [1.165, 1.54) is 10.9 Å². The number of alkyl halides is 2. The number of hydrogen-bond acceptors (Lipinski definition) is 7. The normalized spacial score (nSPS) is 20.7. The van der Waals surface area contributed by atoms with Crippen LogP contribution in [0.3, 0.4) is 0 Å². The molecule has 0 radical (unpaired) electrons. The molecule has 2 aliphatic heterocycles. The van der Waals surface area contributed by atoms with Crippen LogP contribution in [-0.2, 0) is 17.9 Å². The molecular weight excluding hydrogens is 444 g/mol. The first-order valence-electron chi connectivity index (χ1n) is 11.4. The second-order valence-electron chi connectivity index (χ2n) is 9.53. The van der Waals surface area contributed by atoms with Crippen molar-refractivity contribution in [2.45, 2.75) is 38.4 Å². The molecule has 2 fully saturated rings. The van der Waals surface area contributed by atoms with E-state index in [1.54, 1.807) is 15.8 Å². The molecule has 4 aromatic rings. The van der Waals surface area contributed by atoms with Gasteiger partial charge in [-0.1, -0.05) is 0 Å². The molecule has 2 saturated heterocycles. The molecule has 0 amide bonds. The van der Waals surface area contributed by atoms with Crippen molar-refractivity contribution in [2.75, 3.05) is 24.6 Å². The van der Waals surface area contributed by atoms with Gasteiger partial charge >= 0.3 is 6.11 Å². The lowest BCUT2D eigenvalue weighted by atomic mass is 9.77. The molecule has 2 aliphatic rings. The lowest BCUT2D eigenvalue weighted by Gasteiger charge is -2.39. The smallest absolute Gasteiger partial charge is 0.378 e. The highest BCUT2D eigenvalue weighted by Gasteiger charge is 2.43. The van der Waals surface area contributed by atoms with Crippen LogP contribution in [0, 0.1) is 5.41 Å². The van der Waals surface area contributed by atoms with Gasteiger partial charge in [0, 0.05) is 25.5 Å². The molecule has 11 heteroatoms. The molecule has 1 N–H and O–H groups in total. The average molecular weight is 469 g/mol. The van der Waals surface area contributed by atoms with Gasteiger partial charge in [0.1, 0.15) is 5.52 Å². The largest absolute Gasteiger partial charge is 0.401 e. The maximum Gasteiger partial charge on any atom is 0.401 e. The molecule has 9 nitrogen and oxygen atoms in total. The summed E-state index contributed by atoms with van der Waals surface area (Å²) in [6.45, 7) is 3.85. The highest BCUT2D eigenvalue weighted by molar-refractivity contribution is 5.82. The second-order valence-corrected chi connectivity index (χ2v) is 9.53.